The summed E-state index contributed by atoms with van der Waals surface area (Å²) in [5.41, 5.74) is 0.328. The molecular formula is C17H23NO5. The van der Waals surface area contributed by atoms with E-state index in [4.69, 9.17) is 14.6 Å². The van der Waals surface area contributed by atoms with Gasteiger partial charge < -0.3 is 19.9 Å². The predicted octanol–water partition coefficient (Wildman–Crippen LogP) is 2.47. The molecule has 1 saturated heterocycles. The van der Waals surface area contributed by atoms with Gasteiger partial charge >= 0.3 is 5.97 Å². The van der Waals surface area contributed by atoms with Gasteiger partial charge in [0.05, 0.1) is 18.8 Å². The quantitative estimate of drug-likeness (QED) is 0.719. The molecule has 1 heterocycles. The lowest BCUT2D eigenvalue weighted by Crippen LogP contribution is -2.25. The second kappa shape index (κ2) is 8.53. The first-order valence-electron chi connectivity index (χ1n) is 7.92. The van der Waals surface area contributed by atoms with E-state index >= 15 is 0 Å². The Labute approximate surface area is 135 Å². The fourth-order valence-electron chi connectivity index (χ4n) is 2.64. The molecular weight excluding hydrogens is 298 g/mol. The number of unbranched alkanes of at least 4 members (excludes halogenated alkanes) is 1. The summed E-state index contributed by atoms with van der Waals surface area (Å²) in [6.07, 6.45) is 5.56. The van der Waals surface area contributed by atoms with Crippen molar-refractivity contribution in [2.75, 3.05) is 20.3 Å². The Morgan fingerprint density at radius 2 is 2.09 bits per heavy atom. The van der Waals surface area contributed by atoms with E-state index in [9.17, 15) is 9.59 Å². The van der Waals surface area contributed by atoms with Crippen LogP contribution < -0.4 is 10.1 Å². The number of amides is 1. The highest BCUT2D eigenvalue weighted by atomic mass is 16.5. The number of carboxylic acid groups (broad SMARTS) is 1. The van der Waals surface area contributed by atoms with Crippen molar-refractivity contribution in [3.05, 3.63) is 29.3 Å². The van der Waals surface area contributed by atoms with Crippen molar-refractivity contribution in [1.82, 2.24) is 5.32 Å². The Morgan fingerprint density at radius 1 is 1.30 bits per heavy atom. The van der Waals surface area contributed by atoms with Crippen molar-refractivity contribution in [3.8, 4) is 5.75 Å². The lowest BCUT2D eigenvalue weighted by Gasteiger charge is -2.10. The number of hydrogen-bond acceptors (Lipinski definition) is 4. The molecule has 0 unspecified atom stereocenters. The van der Waals surface area contributed by atoms with Gasteiger partial charge in [-0.1, -0.05) is 0 Å². The van der Waals surface area contributed by atoms with Crippen LogP contribution >= 0.6 is 0 Å². The van der Waals surface area contributed by atoms with E-state index in [1.165, 1.54) is 25.3 Å². The van der Waals surface area contributed by atoms with Crippen molar-refractivity contribution < 1.29 is 24.2 Å². The number of carboxylic acids is 1. The van der Waals surface area contributed by atoms with Crippen LogP contribution in [0.4, 0.5) is 0 Å². The highest BCUT2D eigenvalue weighted by Gasteiger charge is 2.15. The Balaban J connectivity index is 1.80. The monoisotopic (exact) mass is 321 g/mol. The fourth-order valence-corrected chi connectivity index (χ4v) is 2.64. The highest BCUT2D eigenvalue weighted by molar-refractivity contribution is 5.98. The minimum absolute atomic E-state index is 0.0351. The van der Waals surface area contributed by atoms with Crippen LogP contribution in [0, 0.1) is 0 Å². The summed E-state index contributed by atoms with van der Waals surface area (Å²) >= 11 is 0. The standard InChI is InChI=1S/C17H23NO5/c1-22-15-10-12(9-13(11-15)17(20)21)16(19)18-7-3-2-5-14-6-4-8-23-14/h9-11,14H,2-8H2,1H3,(H,18,19)(H,20,21)/t14-/m0/s1. The molecule has 6 heteroatoms. The highest BCUT2D eigenvalue weighted by Crippen LogP contribution is 2.18. The first-order valence-corrected chi connectivity index (χ1v) is 7.92. The van der Waals surface area contributed by atoms with Gasteiger partial charge in [-0.15, -0.1) is 0 Å². The topological polar surface area (TPSA) is 84.9 Å². The normalized spacial score (nSPS) is 17.0. The van der Waals surface area contributed by atoms with Crippen LogP contribution in [0.1, 0.15) is 52.8 Å². The van der Waals surface area contributed by atoms with E-state index in [-0.39, 0.29) is 11.5 Å². The Bertz CT molecular complexity index is 552. The molecule has 0 spiro atoms. The molecule has 0 radical (unpaired) electrons. The molecule has 1 amide bonds. The molecule has 1 atom stereocenters. The number of hydrogen-bond donors (Lipinski definition) is 2. The Morgan fingerprint density at radius 3 is 2.74 bits per heavy atom. The molecule has 2 rings (SSSR count). The van der Waals surface area contributed by atoms with Crippen LogP contribution in [0.25, 0.3) is 0 Å². The lowest BCUT2D eigenvalue weighted by molar-refractivity contribution is 0.0696. The number of aromatic carboxylic acids is 1. The predicted molar refractivity (Wildman–Crippen MR) is 85.1 cm³/mol. The summed E-state index contributed by atoms with van der Waals surface area (Å²) in [6.45, 7) is 1.42. The number of methoxy groups -OCH3 is 1. The van der Waals surface area contributed by atoms with Gasteiger partial charge in [0.15, 0.2) is 0 Å². The van der Waals surface area contributed by atoms with E-state index in [2.05, 4.69) is 5.32 Å². The number of rotatable bonds is 8. The zero-order valence-corrected chi connectivity index (χ0v) is 13.3. The van der Waals surface area contributed by atoms with Crippen molar-refractivity contribution in [2.45, 2.75) is 38.2 Å². The second-order valence-corrected chi connectivity index (χ2v) is 5.64. The third-order valence-electron chi connectivity index (χ3n) is 3.91. The van der Waals surface area contributed by atoms with Crippen LogP contribution in [-0.4, -0.2) is 43.3 Å². The summed E-state index contributed by atoms with van der Waals surface area (Å²) in [6, 6.07) is 4.28. The molecule has 1 aromatic rings. The van der Waals surface area contributed by atoms with Crippen LogP contribution in [-0.2, 0) is 4.74 Å². The van der Waals surface area contributed by atoms with Gasteiger partial charge in [-0.2, -0.15) is 0 Å². The molecule has 1 fully saturated rings. The van der Waals surface area contributed by atoms with E-state index in [0.717, 1.165) is 38.7 Å². The summed E-state index contributed by atoms with van der Waals surface area (Å²) in [4.78, 5) is 23.2. The van der Waals surface area contributed by atoms with Gasteiger partial charge in [-0.25, -0.2) is 4.79 Å². The van der Waals surface area contributed by atoms with Crippen LogP contribution in [0.2, 0.25) is 0 Å². The van der Waals surface area contributed by atoms with Gasteiger partial charge in [-0.05, 0) is 50.3 Å². The zero-order chi connectivity index (χ0) is 16.7. The van der Waals surface area contributed by atoms with Gasteiger partial charge in [0.25, 0.3) is 5.91 Å². The van der Waals surface area contributed by atoms with E-state index < -0.39 is 5.97 Å². The van der Waals surface area contributed by atoms with Crippen LogP contribution in [0.15, 0.2) is 18.2 Å². The third-order valence-corrected chi connectivity index (χ3v) is 3.91. The third kappa shape index (κ3) is 5.25. The van der Waals surface area contributed by atoms with Gasteiger partial charge in [0.1, 0.15) is 5.75 Å². The van der Waals surface area contributed by atoms with Crippen molar-refractivity contribution in [1.29, 1.82) is 0 Å². The minimum atomic E-state index is -1.09. The molecule has 2 N–H and O–H groups in total. The molecule has 0 bridgehead atoms. The molecule has 1 aromatic carbocycles. The number of carbonyl (C=O) groups is 2. The largest absolute Gasteiger partial charge is 0.497 e. The molecule has 1 aliphatic heterocycles. The first kappa shape index (κ1) is 17.3. The summed E-state index contributed by atoms with van der Waals surface area (Å²) < 4.78 is 10.6. The fraction of sp³-hybridized carbons (Fsp3) is 0.529. The van der Waals surface area contributed by atoms with Gasteiger partial charge in [0, 0.05) is 18.7 Å². The molecule has 0 aliphatic carbocycles. The van der Waals surface area contributed by atoms with Crippen molar-refractivity contribution in [2.24, 2.45) is 0 Å². The van der Waals surface area contributed by atoms with E-state index in [1.807, 2.05) is 0 Å². The Hall–Kier alpha value is -2.08. The van der Waals surface area contributed by atoms with E-state index in [0.29, 0.717) is 24.0 Å². The summed E-state index contributed by atoms with van der Waals surface area (Å²) in [7, 11) is 1.44. The van der Waals surface area contributed by atoms with Gasteiger partial charge in [-0.3, -0.25) is 4.79 Å². The smallest absolute Gasteiger partial charge is 0.335 e. The number of ether oxygens (including phenoxy) is 2. The number of carbonyl (C=O) groups excluding carboxylic acids is 1. The number of benzene rings is 1. The maximum absolute atomic E-state index is 12.1. The average Bonchev–Trinajstić information content (AvgIpc) is 3.07. The molecule has 126 valence electrons. The molecule has 1 aliphatic rings. The molecule has 0 aromatic heterocycles. The molecule has 6 nitrogen and oxygen atoms in total. The first-order chi connectivity index (χ1) is 11.1. The van der Waals surface area contributed by atoms with Crippen molar-refractivity contribution >= 4 is 11.9 Å². The zero-order valence-electron chi connectivity index (χ0n) is 13.3. The van der Waals surface area contributed by atoms with Gasteiger partial charge in [0.2, 0.25) is 0 Å². The van der Waals surface area contributed by atoms with Crippen LogP contribution in [0.3, 0.4) is 0 Å². The van der Waals surface area contributed by atoms with Crippen LogP contribution in [0.5, 0.6) is 5.75 Å². The maximum Gasteiger partial charge on any atom is 0.335 e. The Kier molecular flexibility index (Phi) is 6.40. The number of nitrogens with one attached hydrogen (secondary N) is 1. The minimum Gasteiger partial charge on any atom is -0.497 e. The molecule has 0 saturated carbocycles. The average molecular weight is 321 g/mol. The maximum atomic E-state index is 12.1. The SMILES string of the molecule is COc1cc(C(=O)O)cc(C(=O)NCCCC[C@H]2CCCO2)c1. The summed E-state index contributed by atoms with van der Waals surface area (Å²) in [5.74, 6) is -1.02. The van der Waals surface area contributed by atoms with E-state index in [1.54, 1.807) is 0 Å². The molecule has 23 heavy (non-hydrogen) atoms. The van der Waals surface area contributed by atoms with Crippen molar-refractivity contribution in [3.63, 3.8) is 0 Å². The second-order valence-electron chi connectivity index (χ2n) is 5.64. The lowest BCUT2D eigenvalue weighted by atomic mass is 10.1. The summed E-state index contributed by atoms with van der Waals surface area (Å²) in [5, 5.41) is 11.9.